The minimum Gasteiger partial charge on any atom is -0.328 e. The van der Waals surface area contributed by atoms with E-state index in [9.17, 15) is 0 Å². The molecular formula is C4H9N3O3. The summed E-state index contributed by atoms with van der Waals surface area (Å²) < 4.78 is 0. The molecule has 0 aliphatic carbocycles. The summed E-state index contributed by atoms with van der Waals surface area (Å²) in [5.41, 5.74) is 0. The zero-order chi connectivity index (χ0) is 8.57. The minimum absolute atomic E-state index is 0.514. The van der Waals surface area contributed by atoms with Gasteiger partial charge in [-0.25, -0.2) is 0 Å². The lowest BCUT2D eigenvalue weighted by Gasteiger charge is -1.97. The number of nitriles is 1. The van der Waals surface area contributed by atoms with Crippen LogP contribution >= 0.6 is 0 Å². The second kappa shape index (κ2) is 7.65. The van der Waals surface area contributed by atoms with Gasteiger partial charge in [0.05, 0.1) is 12.6 Å². The summed E-state index contributed by atoms with van der Waals surface area (Å²) in [5, 5.41) is 21.6. The monoisotopic (exact) mass is 147 g/mol. The third-order valence-electron chi connectivity index (χ3n) is 0.387. The second-order valence-electron chi connectivity index (χ2n) is 1.63. The Kier molecular flexibility index (Phi) is 8.76. The van der Waals surface area contributed by atoms with Crippen molar-refractivity contribution in [3.63, 3.8) is 0 Å². The van der Waals surface area contributed by atoms with Crippen molar-refractivity contribution in [3.05, 3.63) is 10.1 Å². The molecule has 58 valence electrons. The van der Waals surface area contributed by atoms with Crippen LogP contribution in [0.2, 0.25) is 0 Å². The molecule has 0 atom stereocenters. The second-order valence-corrected chi connectivity index (χ2v) is 1.63. The highest BCUT2D eigenvalue weighted by Gasteiger charge is 1.78. The van der Waals surface area contributed by atoms with Gasteiger partial charge in [0.25, 0.3) is 5.09 Å². The standard InChI is InChI=1S/C4H8N2.HNO3/c1-6(2)4-3-5;2-1(3)4/h4H2,1-2H3;(H,2,3,4). The van der Waals surface area contributed by atoms with Crippen LogP contribution in [0.5, 0.6) is 0 Å². The van der Waals surface area contributed by atoms with Crippen molar-refractivity contribution < 1.29 is 10.3 Å². The van der Waals surface area contributed by atoms with Crippen LogP contribution in [0.15, 0.2) is 0 Å². The molecule has 1 N–H and O–H groups in total. The van der Waals surface area contributed by atoms with Crippen LogP contribution in [0, 0.1) is 21.4 Å². The number of hydrogen-bond acceptors (Lipinski definition) is 4. The molecule has 0 aromatic carbocycles. The molecule has 0 aromatic rings. The Labute approximate surface area is 58.4 Å². The van der Waals surface area contributed by atoms with Crippen molar-refractivity contribution in [2.75, 3.05) is 20.6 Å². The lowest BCUT2D eigenvalue weighted by molar-refractivity contribution is -0.742. The lowest BCUT2D eigenvalue weighted by Crippen LogP contribution is -2.10. The van der Waals surface area contributed by atoms with Crippen LogP contribution in [0.1, 0.15) is 0 Å². The van der Waals surface area contributed by atoms with Gasteiger partial charge in [-0.15, -0.1) is 10.1 Å². The van der Waals surface area contributed by atoms with E-state index in [-0.39, 0.29) is 0 Å². The molecular weight excluding hydrogens is 138 g/mol. The molecule has 0 bridgehead atoms. The molecule has 0 rings (SSSR count). The maximum Gasteiger partial charge on any atom is 0.291 e. The number of hydrogen-bond donors (Lipinski definition) is 1. The summed E-state index contributed by atoms with van der Waals surface area (Å²) in [6.45, 7) is 0.514. The molecule has 0 aromatic heterocycles. The van der Waals surface area contributed by atoms with E-state index >= 15 is 0 Å². The molecule has 10 heavy (non-hydrogen) atoms. The van der Waals surface area contributed by atoms with Crippen LogP contribution < -0.4 is 0 Å². The summed E-state index contributed by atoms with van der Waals surface area (Å²) in [6.07, 6.45) is 0. The molecule has 0 heterocycles. The van der Waals surface area contributed by atoms with E-state index in [1.165, 1.54) is 0 Å². The van der Waals surface area contributed by atoms with E-state index in [1.807, 2.05) is 25.1 Å². The smallest absolute Gasteiger partial charge is 0.291 e. The number of nitrogens with zero attached hydrogens (tertiary/aromatic N) is 3. The van der Waals surface area contributed by atoms with Crippen molar-refractivity contribution in [1.82, 2.24) is 4.90 Å². The first-order chi connectivity index (χ1) is 4.50. The van der Waals surface area contributed by atoms with Crippen LogP contribution in [0.25, 0.3) is 0 Å². The zero-order valence-electron chi connectivity index (χ0n) is 5.81. The van der Waals surface area contributed by atoms with Crippen molar-refractivity contribution in [3.8, 4) is 6.07 Å². The van der Waals surface area contributed by atoms with E-state index in [1.54, 1.807) is 0 Å². The normalized spacial score (nSPS) is 7.40. The Morgan fingerprint density at radius 3 is 2.10 bits per heavy atom. The van der Waals surface area contributed by atoms with E-state index in [2.05, 4.69) is 0 Å². The average molecular weight is 147 g/mol. The molecule has 0 amide bonds. The predicted octanol–water partition coefficient (Wildman–Crippen LogP) is -0.276. The van der Waals surface area contributed by atoms with Gasteiger partial charge < -0.3 is 5.21 Å². The van der Waals surface area contributed by atoms with Crippen molar-refractivity contribution in [2.24, 2.45) is 0 Å². The van der Waals surface area contributed by atoms with Crippen molar-refractivity contribution >= 4 is 0 Å². The molecule has 0 unspecified atom stereocenters. The van der Waals surface area contributed by atoms with Crippen molar-refractivity contribution in [1.29, 1.82) is 5.26 Å². The van der Waals surface area contributed by atoms with Crippen molar-refractivity contribution in [2.45, 2.75) is 0 Å². The molecule has 0 aliphatic heterocycles. The van der Waals surface area contributed by atoms with Crippen LogP contribution in [0.3, 0.4) is 0 Å². The van der Waals surface area contributed by atoms with Gasteiger partial charge in [-0.1, -0.05) is 0 Å². The van der Waals surface area contributed by atoms with Gasteiger partial charge in [-0.2, -0.15) is 5.26 Å². The zero-order valence-corrected chi connectivity index (χ0v) is 5.81. The first-order valence-electron chi connectivity index (χ1n) is 2.35. The summed E-state index contributed by atoms with van der Waals surface area (Å²) in [6, 6.07) is 1.99. The van der Waals surface area contributed by atoms with Gasteiger partial charge in [0.15, 0.2) is 0 Å². The number of rotatable bonds is 1. The quantitative estimate of drug-likeness (QED) is 0.313. The molecule has 0 saturated carbocycles. The Morgan fingerprint density at radius 2 is 2.10 bits per heavy atom. The molecule has 6 heteroatoms. The third kappa shape index (κ3) is 78.0. The van der Waals surface area contributed by atoms with Crippen LogP contribution in [0.4, 0.5) is 0 Å². The molecule has 0 fully saturated rings. The fourth-order valence-electron chi connectivity index (χ4n) is 0.141. The first-order valence-corrected chi connectivity index (χ1v) is 2.35. The highest BCUT2D eigenvalue weighted by molar-refractivity contribution is 4.71. The van der Waals surface area contributed by atoms with Gasteiger partial charge in [-0.3, -0.25) is 4.90 Å². The Morgan fingerprint density at radius 1 is 1.80 bits per heavy atom. The highest BCUT2D eigenvalue weighted by atomic mass is 16.9. The molecule has 0 radical (unpaired) electrons. The molecule has 0 aliphatic rings. The van der Waals surface area contributed by atoms with Crippen LogP contribution in [-0.4, -0.2) is 35.8 Å². The maximum atomic E-state index is 8.36. The Bertz CT molecular complexity index is 124. The van der Waals surface area contributed by atoms with E-state index in [0.29, 0.717) is 6.54 Å². The topological polar surface area (TPSA) is 90.4 Å². The highest BCUT2D eigenvalue weighted by Crippen LogP contribution is 1.64. The van der Waals surface area contributed by atoms with Gasteiger partial charge in [-0.05, 0) is 14.1 Å². The fraction of sp³-hybridized carbons (Fsp3) is 0.750. The Hall–Kier alpha value is -1.35. The average Bonchev–Trinajstić information content (AvgIpc) is 1.62. The van der Waals surface area contributed by atoms with Gasteiger partial charge in [0.2, 0.25) is 0 Å². The summed E-state index contributed by atoms with van der Waals surface area (Å²) >= 11 is 0. The predicted molar refractivity (Wildman–Crippen MR) is 32.9 cm³/mol. The molecule has 6 nitrogen and oxygen atoms in total. The van der Waals surface area contributed by atoms with Gasteiger partial charge in [0, 0.05) is 0 Å². The Balaban J connectivity index is 0. The summed E-state index contributed by atoms with van der Waals surface area (Å²) in [7, 11) is 3.73. The fourth-order valence-corrected chi connectivity index (χ4v) is 0.141. The summed E-state index contributed by atoms with van der Waals surface area (Å²) in [4.78, 5) is 10.2. The maximum absolute atomic E-state index is 8.36. The van der Waals surface area contributed by atoms with Gasteiger partial charge >= 0.3 is 0 Å². The molecule has 0 saturated heterocycles. The van der Waals surface area contributed by atoms with Crippen LogP contribution in [-0.2, 0) is 0 Å². The van der Waals surface area contributed by atoms with Gasteiger partial charge in [0.1, 0.15) is 0 Å². The largest absolute Gasteiger partial charge is 0.328 e. The first kappa shape index (κ1) is 11.4. The minimum atomic E-state index is -1.50. The lowest BCUT2D eigenvalue weighted by atomic mass is 10.7. The third-order valence-corrected chi connectivity index (χ3v) is 0.387. The summed E-state index contributed by atoms with van der Waals surface area (Å²) in [5.74, 6) is 0. The van der Waals surface area contributed by atoms with E-state index in [0.717, 1.165) is 0 Å². The molecule has 0 spiro atoms. The van der Waals surface area contributed by atoms with E-state index in [4.69, 9.17) is 20.6 Å². The van der Waals surface area contributed by atoms with E-state index < -0.39 is 5.09 Å². The SMILES string of the molecule is CN(C)CC#N.O=[N+]([O-])O.